The largest absolute Gasteiger partial charge is 0.330 e. The lowest BCUT2D eigenvalue weighted by atomic mass is 10.2. The monoisotopic (exact) mass is 343 g/mol. The van der Waals surface area contributed by atoms with Crippen LogP contribution in [0.1, 0.15) is 11.1 Å². The molecule has 5 heteroatoms. The van der Waals surface area contributed by atoms with Crippen molar-refractivity contribution in [1.29, 1.82) is 5.26 Å². The normalized spacial score (nSPS) is 10.7. The number of nitrogens with one attached hydrogen (secondary N) is 1. The van der Waals surface area contributed by atoms with Crippen molar-refractivity contribution in [2.75, 3.05) is 0 Å². The molecule has 0 unspecified atom stereocenters. The molecule has 0 aliphatic heterocycles. The molecule has 3 aromatic rings. The summed E-state index contributed by atoms with van der Waals surface area (Å²) in [5.74, 6) is 0. The summed E-state index contributed by atoms with van der Waals surface area (Å²) in [6, 6.07) is 13.8. The fourth-order valence-corrected chi connectivity index (χ4v) is 3.07. The van der Waals surface area contributed by atoms with Crippen LogP contribution in [0.5, 0.6) is 0 Å². The number of imidazole rings is 1. The molecular formula is C15H10BrN3S. The number of nitriles is 1. The van der Waals surface area contributed by atoms with Crippen LogP contribution in [-0.2, 0) is 0 Å². The average molecular weight is 344 g/mol. The van der Waals surface area contributed by atoms with Crippen LogP contribution in [0, 0.1) is 23.0 Å². The Morgan fingerprint density at radius 2 is 2.05 bits per heavy atom. The van der Waals surface area contributed by atoms with Crippen LogP contribution in [0.3, 0.4) is 0 Å². The Hall–Kier alpha value is -1.90. The van der Waals surface area contributed by atoms with E-state index in [-0.39, 0.29) is 0 Å². The Labute approximate surface area is 129 Å². The highest BCUT2D eigenvalue weighted by Gasteiger charge is 2.10. The predicted molar refractivity (Wildman–Crippen MR) is 85.6 cm³/mol. The van der Waals surface area contributed by atoms with E-state index in [1.807, 2.05) is 29.7 Å². The Morgan fingerprint density at radius 3 is 2.75 bits per heavy atom. The number of aromatic amines is 1. The Balaban J connectivity index is 2.35. The lowest BCUT2D eigenvalue weighted by Gasteiger charge is -2.08. The molecule has 0 radical (unpaired) electrons. The van der Waals surface area contributed by atoms with E-state index in [9.17, 15) is 0 Å². The molecule has 1 aromatic heterocycles. The van der Waals surface area contributed by atoms with Crippen molar-refractivity contribution in [1.82, 2.24) is 9.55 Å². The molecule has 3 nitrogen and oxygen atoms in total. The summed E-state index contributed by atoms with van der Waals surface area (Å²) in [4.78, 5) is 3.20. The van der Waals surface area contributed by atoms with E-state index in [4.69, 9.17) is 17.5 Å². The molecule has 1 heterocycles. The van der Waals surface area contributed by atoms with Crippen LogP contribution in [0.4, 0.5) is 0 Å². The highest BCUT2D eigenvalue weighted by atomic mass is 79.9. The van der Waals surface area contributed by atoms with Crippen molar-refractivity contribution >= 4 is 39.2 Å². The van der Waals surface area contributed by atoms with Crippen LogP contribution in [0.15, 0.2) is 40.9 Å². The van der Waals surface area contributed by atoms with Gasteiger partial charge in [0.15, 0.2) is 4.77 Å². The first-order chi connectivity index (χ1) is 9.60. The molecule has 0 fully saturated rings. The summed E-state index contributed by atoms with van der Waals surface area (Å²) in [5.41, 5.74) is 4.73. The number of hydrogen-bond donors (Lipinski definition) is 1. The van der Waals surface area contributed by atoms with E-state index in [1.54, 1.807) is 12.1 Å². The molecular weight excluding hydrogens is 334 g/mol. The van der Waals surface area contributed by atoms with E-state index in [0.29, 0.717) is 10.3 Å². The van der Waals surface area contributed by atoms with Crippen molar-refractivity contribution in [2.24, 2.45) is 0 Å². The van der Waals surface area contributed by atoms with E-state index >= 15 is 0 Å². The molecule has 1 N–H and O–H groups in total. The summed E-state index contributed by atoms with van der Waals surface area (Å²) >= 11 is 8.94. The molecule has 0 spiro atoms. The number of aromatic nitrogens is 2. The first-order valence-corrected chi connectivity index (χ1v) is 7.21. The van der Waals surface area contributed by atoms with Gasteiger partial charge in [-0.15, -0.1) is 0 Å². The van der Waals surface area contributed by atoms with Gasteiger partial charge in [-0.05, 0) is 71.0 Å². The van der Waals surface area contributed by atoms with Gasteiger partial charge >= 0.3 is 0 Å². The van der Waals surface area contributed by atoms with Gasteiger partial charge in [-0.2, -0.15) is 5.26 Å². The van der Waals surface area contributed by atoms with Gasteiger partial charge in [-0.3, -0.25) is 4.57 Å². The Bertz CT molecular complexity index is 915. The molecule has 0 saturated carbocycles. The van der Waals surface area contributed by atoms with E-state index in [0.717, 1.165) is 21.2 Å². The molecule has 0 saturated heterocycles. The summed E-state index contributed by atoms with van der Waals surface area (Å²) < 4.78 is 3.45. The standard InChI is InChI=1S/C15H10BrN3S/c1-9-2-4-12-14(6-9)19(15(20)18-12)13-5-3-10(8-17)7-11(13)16/h2-7H,1H3,(H,18,20). The maximum Gasteiger partial charge on any atom is 0.182 e. The molecule has 0 aliphatic carbocycles. The third-order valence-corrected chi connectivity index (χ3v) is 4.08. The van der Waals surface area contributed by atoms with Crippen LogP contribution in [-0.4, -0.2) is 9.55 Å². The number of halogens is 1. The summed E-state index contributed by atoms with van der Waals surface area (Å²) in [7, 11) is 0. The maximum atomic E-state index is 8.94. The number of rotatable bonds is 1. The van der Waals surface area contributed by atoms with Gasteiger partial charge in [0.05, 0.1) is 28.4 Å². The maximum absolute atomic E-state index is 8.94. The van der Waals surface area contributed by atoms with Crippen molar-refractivity contribution < 1.29 is 0 Å². The minimum absolute atomic E-state index is 0.614. The van der Waals surface area contributed by atoms with E-state index < -0.39 is 0 Å². The number of H-pyrrole nitrogens is 1. The van der Waals surface area contributed by atoms with E-state index in [2.05, 4.69) is 33.0 Å². The molecule has 0 aliphatic rings. The van der Waals surface area contributed by atoms with Gasteiger partial charge in [0.25, 0.3) is 0 Å². The van der Waals surface area contributed by atoms with Gasteiger partial charge < -0.3 is 4.98 Å². The van der Waals surface area contributed by atoms with Crippen LogP contribution in [0.25, 0.3) is 16.7 Å². The third kappa shape index (κ3) is 2.07. The summed E-state index contributed by atoms with van der Waals surface area (Å²) in [5, 5.41) is 8.94. The fraction of sp³-hybridized carbons (Fsp3) is 0.0667. The average Bonchev–Trinajstić information content (AvgIpc) is 2.74. The molecule has 0 atom stereocenters. The second kappa shape index (κ2) is 4.89. The Morgan fingerprint density at radius 1 is 1.25 bits per heavy atom. The highest BCUT2D eigenvalue weighted by Crippen LogP contribution is 2.27. The molecule has 0 amide bonds. The Kier molecular flexibility index (Phi) is 3.20. The zero-order chi connectivity index (χ0) is 14.3. The summed E-state index contributed by atoms with van der Waals surface area (Å²) in [6.45, 7) is 2.05. The highest BCUT2D eigenvalue weighted by molar-refractivity contribution is 9.10. The van der Waals surface area contributed by atoms with Gasteiger partial charge in [0.2, 0.25) is 0 Å². The van der Waals surface area contributed by atoms with Gasteiger partial charge in [0, 0.05) is 4.47 Å². The quantitative estimate of drug-likeness (QED) is 0.654. The number of nitrogens with zero attached hydrogens (tertiary/aromatic N) is 2. The zero-order valence-corrected chi connectivity index (χ0v) is 13.0. The first kappa shape index (κ1) is 13.1. The van der Waals surface area contributed by atoms with Crippen molar-refractivity contribution in [2.45, 2.75) is 6.92 Å². The van der Waals surface area contributed by atoms with Gasteiger partial charge in [-0.25, -0.2) is 0 Å². The second-order valence-corrected chi connectivity index (χ2v) is 5.81. The fourth-order valence-electron chi connectivity index (χ4n) is 2.21. The molecule has 98 valence electrons. The smallest absolute Gasteiger partial charge is 0.182 e. The third-order valence-electron chi connectivity index (χ3n) is 3.16. The minimum atomic E-state index is 0.614. The van der Waals surface area contributed by atoms with Crippen LogP contribution in [0.2, 0.25) is 0 Å². The SMILES string of the molecule is Cc1ccc2[nH]c(=S)n(-c3ccc(C#N)cc3Br)c2c1. The predicted octanol–water partition coefficient (Wildman–Crippen LogP) is 4.63. The number of hydrogen-bond acceptors (Lipinski definition) is 2. The number of benzene rings is 2. The van der Waals surface area contributed by atoms with Crippen LogP contribution >= 0.6 is 28.1 Å². The second-order valence-electron chi connectivity index (χ2n) is 4.56. The molecule has 0 bridgehead atoms. The summed E-state index contributed by atoms with van der Waals surface area (Å²) in [6.07, 6.45) is 0. The number of fused-ring (bicyclic) bond motifs is 1. The number of aryl methyl sites for hydroxylation is 1. The lowest BCUT2D eigenvalue weighted by Crippen LogP contribution is -1.96. The first-order valence-electron chi connectivity index (χ1n) is 6.01. The van der Waals surface area contributed by atoms with Crippen molar-refractivity contribution in [3.05, 3.63) is 56.8 Å². The van der Waals surface area contributed by atoms with Crippen LogP contribution < -0.4 is 0 Å². The van der Waals surface area contributed by atoms with Gasteiger partial charge in [0.1, 0.15) is 0 Å². The van der Waals surface area contributed by atoms with Gasteiger partial charge in [-0.1, -0.05) is 6.07 Å². The van der Waals surface area contributed by atoms with Crippen molar-refractivity contribution in [3.8, 4) is 11.8 Å². The topological polar surface area (TPSA) is 44.5 Å². The van der Waals surface area contributed by atoms with E-state index in [1.165, 1.54) is 5.56 Å². The minimum Gasteiger partial charge on any atom is -0.330 e. The van der Waals surface area contributed by atoms with Crippen molar-refractivity contribution in [3.63, 3.8) is 0 Å². The molecule has 3 rings (SSSR count). The molecule has 20 heavy (non-hydrogen) atoms. The zero-order valence-electron chi connectivity index (χ0n) is 10.6. The lowest BCUT2D eigenvalue weighted by molar-refractivity contribution is 1.06. The molecule has 2 aromatic carbocycles.